The highest BCUT2D eigenvalue weighted by atomic mass is 19.4. The summed E-state index contributed by atoms with van der Waals surface area (Å²) in [6.07, 6.45) is -0.402. The molecule has 0 bridgehead atoms. The first-order valence-electron chi connectivity index (χ1n) is 13.7. The normalized spacial score (nSPS) is 17.8. The lowest BCUT2D eigenvalue weighted by Gasteiger charge is -2.34. The highest BCUT2D eigenvalue weighted by molar-refractivity contribution is 5.79. The number of halogens is 3. The smallest absolute Gasteiger partial charge is 0.416 e. The van der Waals surface area contributed by atoms with Crippen LogP contribution in [0.5, 0.6) is 0 Å². The summed E-state index contributed by atoms with van der Waals surface area (Å²) < 4.78 is 45.0. The van der Waals surface area contributed by atoms with Crippen molar-refractivity contribution in [1.82, 2.24) is 4.90 Å². The van der Waals surface area contributed by atoms with Crippen LogP contribution in [0.4, 0.5) is 13.2 Å². The van der Waals surface area contributed by atoms with E-state index in [1.54, 1.807) is 0 Å². The molecule has 0 spiro atoms. The zero-order valence-electron chi connectivity index (χ0n) is 22.9. The van der Waals surface area contributed by atoms with Crippen molar-refractivity contribution >= 4 is 5.97 Å². The number of esters is 1. The molecule has 0 N–H and O–H groups in total. The number of alkyl halides is 3. The Morgan fingerprint density at radius 3 is 2.32 bits per heavy atom. The van der Waals surface area contributed by atoms with E-state index in [0.717, 1.165) is 73.3 Å². The number of ether oxygens (including phenoxy) is 1. The number of likely N-dealkylation sites (tertiary alicyclic amines) is 1. The van der Waals surface area contributed by atoms with Crippen LogP contribution < -0.4 is 0 Å². The molecule has 2 aromatic rings. The first-order chi connectivity index (χ1) is 17.5. The van der Waals surface area contributed by atoms with Gasteiger partial charge in [0.25, 0.3) is 0 Å². The Balaban J connectivity index is 2.03. The summed E-state index contributed by atoms with van der Waals surface area (Å²) in [6, 6.07) is 11.6. The van der Waals surface area contributed by atoms with Gasteiger partial charge < -0.3 is 9.64 Å². The van der Waals surface area contributed by atoms with Crippen LogP contribution in [0.2, 0.25) is 0 Å². The summed E-state index contributed by atoms with van der Waals surface area (Å²) in [7, 11) is 0. The van der Waals surface area contributed by atoms with Crippen molar-refractivity contribution < 1.29 is 22.7 Å². The maximum Gasteiger partial charge on any atom is 0.416 e. The number of benzene rings is 2. The average Bonchev–Trinajstić information content (AvgIpc) is 2.85. The lowest BCUT2D eigenvalue weighted by atomic mass is 9.83. The second kappa shape index (κ2) is 12.9. The van der Waals surface area contributed by atoms with Gasteiger partial charge >= 0.3 is 12.1 Å². The maximum atomic E-state index is 13.2. The number of hydrogen-bond acceptors (Lipinski definition) is 3. The van der Waals surface area contributed by atoms with E-state index in [-0.39, 0.29) is 11.9 Å². The van der Waals surface area contributed by atoms with Gasteiger partial charge in [-0.2, -0.15) is 13.2 Å². The third kappa shape index (κ3) is 8.33. The maximum absolute atomic E-state index is 13.2. The predicted octanol–water partition coefficient (Wildman–Crippen LogP) is 8.29. The minimum atomic E-state index is -4.38. The number of nitrogens with zero attached hydrogens (tertiary/aromatic N) is 1. The molecule has 2 atom stereocenters. The van der Waals surface area contributed by atoms with Gasteiger partial charge in [0, 0.05) is 6.54 Å². The molecule has 3 rings (SSSR count). The molecule has 1 aliphatic rings. The summed E-state index contributed by atoms with van der Waals surface area (Å²) in [5.41, 5.74) is 2.94. The molecule has 0 aliphatic carbocycles. The molecule has 0 aromatic heterocycles. The fourth-order valence-electron chi connectivity index (χ4n) is 5.19. The Labute approximate surface area is 220 Å². The third-order valence-electron chi connectivity index (χ3n) is 7.20. The second-order valence-corrected chi connectivity index (χ2v) is 11.2. The number of carbonyl (C=O) groups is 1. The second-order valence-electron chi connectivity index (χ2n) is 11.2. The molecule has 3 nitrogen and oxygen atoms in total. The Bertz CT molecular complexity index is 1010. The molecule has 0 saturated carbocycles. The molecule has 1 fully saturated rings. The standard InChI is InChI=1S/C31H42F3NO2/c1-6-37-30(36)29(16-22(4)5)27-18-25(23-9-11-28(12-10-23)31(32,33)34)17-26(19-27)24-8-7-14-35(20-24)15-13-21(2)3/h9-12,17-19,21-22,24,29H,6-8,13-16,20H2,1-5H3. The van der Waals surface area contributed by atoms with Gasteiger partial charge in [0.15, 0.2) is 0 Å². The molecule has 6 heteroatoms. The lowest BCUT2D eigenvalue weighted by Crippen LogP contribution is -2.35. The summed E-state index contributed by atoms with van der Waals surface area (Å²) in [5, 5.41) is 0. The highest BCUT2D eigenvalue weighted by Crippen LogP contribution is 2.37. The zero-order chi connectivity index (χ0) is 27.2. The molecule has 1 aliphatic heterocycles. The SMILES string of the molecule is CCOC(=O)C(CC(C)C)c1cc(-c2ccc(C(F)(F)F)cc2)cc(C2CCCN(CCC(C)C)C2)c1. The van der Waals surface area contributed by atoms with Crippen LogP contribution in [0, 0.1) is 11.8 Å². The van der Waals surface area contributed by atoms with Crippen molar-refractivity contribution in [1.29, 1.82) is 0 Å². The van der Waals surface area contributed by atoms with Gasteiger partial charge in [-0.05, 0) is 97.8 Å². The first-order valence-corrected chi connectivity index (χ1v) is 13.7. The van der Waals surface area contributed by atoms with Crippen LogP contribution >= 0.6 is 0 Å². The molecule has 204 valence electrons. The Morgan fingerprint density at radius 2 is 1.73 bits per heavy atom. The van der Waals surface area contributed by atoms with Gasteiger partial charge in [0.05, 0.1) is 18.1 Å². The van der Waals surface area contributed by atoms with Crippen molar-refractivity contribution in [2.75, 3.05) is 26.2 Å². The minimum Gasteiger partial charge on any atom is -0.466 e. The van der Waals surface area contributed by atoms with E-state index in [1.165, 1.54) is 12.1 Å². The van der Waals surface area contributed by atoms with Gasteiger partial charge in [-0.1, -0.05) is 58.0 Å². The summed E-state index contributed by atoms with van der Waals surface area (Å²) in [6.45, 7) is 13.9. The average molecular weight is 518 g/mol. The van der Waals surface area contributed by atoms with Crippen molar-refractivity contribution in [2.24, 2.45) is 11.8 Å². The molecule has 2 aromatic carbocycles. The molecule has 2 unspecified atom stereocenters. The quantitative estimate of drug-likeness (QED) is 0.297. The third-order valence-corrected chi connectivity index (χ3v) is 7.20. The van der Waals surface area contributed by atoms with Crippen LogP contribution in [0.3, 0.4) is 0 Å². The van der Waals surface area contributed by atoms with E-state index >= 15 is 0 Å². The molecule has 1 heterocycles. The molecule has 0 amide bonds. The predicted molar refractivity (Wildman–Crippen MR) is 144 cm³/mol. The van der Waals surface area contributed by atoms with Crippen molar-refractivity contribution in [3.63, 3.8) is 0 Å². The molecule has 37 heavy (non-hydrogen) atoms. The van der Waals surface area contributed by atoms with Crippen LogP contribution in [-0.4, -0.2) is 37.1 Å². The van der Waals surface area contributed by atoms with E-state index in [4.69, 9.17) is 4.74 Å². The fraction of sp³-hybridized carbons (Fsp3) is 0.581. The van der Waals surface area contributed by atoms with Crippen molar-refractivity contribution in [3.05, 3.63) is 59.2 Å². The van der Waals surface area contributed by atoms with E-state index < -0.39 is 17.7 Å². The molecular weight excluding hydrogens is 475 g/mol. The van der Waals surface area contributed by atoms with E-state index in [2.05, 4.69) is 44.7 Å². The summed E-state index contributed by atoms with van der Waals surface area (Å²) in [4.78, 5) is 15.5. The van der Waals surface area contributed by atoms with Crippen molar-refractivity contribution in [3.8, 4) is 11.1 Å². The van der Waals surface area contributed by atoms with Gasteiger partial charge in [-0.3, -0.25) is 4.79 Å². The Kier molecular flexibility index (Phi) is 10.2. The van der Waals surface area contributed by atoms with Gasteiger partial charge in [0.2, 0.25) is 0 Å². The molecular formula is C31H42F3NO2. The fourth-order valence-corrected chi connectivity index (χ4v) is 5.19. The van der Waals surface area contributed by atoms with Gasteiger partial charge in [-0.15, -0.1) is 0 Å². The zero-order valence-corrected chi connectivity index (χ0v) is 22.9. The topological polar surface area (TPSA) is 29.5 Å². The Hall–Kier alpha value is -2.34. The van der Waals surface area contributed by atoms with Crippen molar-refractivity contribution in [2.45, 2.75) is 78.3 Å². The van der Waals surface area contributed by atoms with E-state index in [9.17, 15) is 18.0 Å². The summed E-state index contributed by atoms with van der Waals surface area (Å²) >= 11 is 0. The Morgan fingerprint density at radius 1 is 1.03 bits per heavy atom. The van der Waals surface area contributed by atoms with Gasteiger partial charge in [0.1, 0.15) is 0 Å². The van der Waals surface area contributed by atoms with Crippen LogP contribution in [0.15, 0.2) is 42.5 Å². The van der Waals surface area contributed by atoms with Crippen LogP contribution in [0.25, 0.3) is 11.1 Å². The highest BCUT2D eigenvalue weighted by Gasteiger charge is 2.30. The largest absolute Gasteiger partial charge is 0.466 e. The number of hydrogen-bond donors (Lipinski definition) is 0. The molecule has 0 radical (unpaired) electrons. The van der Waals surface area contributed by atoms with Gasteiger partial charge in [-0.25, -0.2) is 0 Å². The van der Waals surface area contributed by atoms with E-state index in [0.29, 0.717) is 24.9 Å². The first kappa shape index (κ1) is 29.2. The lowest BCUT2D eigenvalue weighted by molar-refractivity contribution is -0.145. The number of carbonyl (C=O) groups excluding carboxylic acids is 1. The van der Waals surface area contributed by atoms with Crippen LogP contribution in [0.1, 0.15) is 88.8 Å². The number of rotatable bonds is 10. The summed E-state index contributed by atoms with van der Waals surface area (Å²) in [5.74, 6) is 0.601. The monoisotopic (exact) mass is 517 g/mol. The van der Waals surface area contributed by atoms with Crippen LogP contribution in [-0.2, 0) is 15.7 Å². The number of piperidine rings is 1. The van der Waals surface area contributed by atoms with E-state index in [1.807, 2.05) is 13.0 Å². The molecule has 1 saturated heterocycles. The minimum absolute atomic E-state index is 0.242.